The van der Waals surface area contributed by atoms with Crippen LogP contribution in [0.3, 0.4) is 0 Å². The Balaban J connectivity index is 0.000000216. The average molecular weight is 676 g/mol. The molecule has 244 valence electrons. The summed E-state index contributed by atoms with van der Waals surface area (Å²) in [6.45, 7) is 6.51. The number of hydrogen-bond donors (Lipinski definition) is 4. The van der Waals surface area contributed by atoms with E-state index < -0.39 is 34.6 Å². The van der Waals surface area contributed by atoms with Gasteiger partial charge in [-0.05, 0) is 44.0 Å². The summed E-state index contributed by atoms with van der Waals surface area (Å²) in [5, 5.41) is 31.1. The van der Waals surface area contributed by atoms with Crippen molar-refractivity contribution in [2.24, 2.45) is 0 Å². The highest BCUT2D eigenvalue weighted by Crippen LogP contribution is 2.32. The molecule has 0 atom stereocenters. The molecule has 17 nitrogen and oxygen atoms in total. The second-order valence-electron chi connectivity index (χ2n) is 11.8. The van der Waals surface area contributed by atoms with Crippen LogP contribution in [0.2, 0.25) is 10.6 Å². The molecule has 3 aromatic heterocycles. The smallest absolute Gasteiger partial charge is 0.410 e. The predicted molar refractivity (Wildman–Crippen MR) is 166 cm³/mol. The number of amides is 2. The number of halogens is 2. The van der Waals surface area contributed by atoms with Gasteiger partial charge in [0.25, 0.3) is 0 Å². The third-order valence-corrected chi connectivity index (χ3v) is 7.89. The molecule has 5 rings (SSSR count). The van der Waals surface area contributed by atoms with Crippen LogP contribution in [0.5, 0.6) is 0 Å². The molecule has 0 unspecified atom stereocenters. The summed E-state index contributed by atoms with van der Waals surface area (Å²) in [4.78, 5) is 56.7. The van der Waals surface area contributed by atoms with Gasteiger partial charge in [-0.25, -0.2) is 24.4 Å². The Labute approximate surface area is 272 Å². The summed E-state index contributed by atoms with van der Waals surface area (Å²) in [7, 11) is 0. The van der Waals surface area contributed by atoms with Gasteiger partial charge in [0.2, 0.25) is 10.6 Å². The number of imidazole rings is 1. The standard InChI is InChI=1S/C16H19ClN6O3.C11H13ClN6O2/c1-15(2,3)26-14(25)22-6-4-16(9-18,5-7-22)23-11-10(20-13(23)24)8-19-12(17)21-11;12-9-15-5-7(14)8(16-9)17-11(6-13)1-3-18(4-2-11)10(19)20/h8H,4-7H2,1-3H3,(H,20,24);5H,1-4,14H2,(H,19,20)(H,15,16,17). The number of nitrogens with one attached hydrogen (secondary N) is 2. The lowest BCUT2D eigenvalue weighted by Gasteiger charge is -2.38. The number of nitrogens with zero attached hydrogens (tertiary/aromatic N) is 9. The number of rotatable bonds is 3. The predicted octanol–water partition coefficient (Wildman–Crippen LogP) is 3.18. The number of nitrogens with two attached hydrogens (primary N) is 1. The van der Waals surface area contributed by atoms with Crippen molar-refractivity contribution in [3.63, 3.8) is 0 Å². The Kier molecular flexibility index (Phi) is 9.79. The van der Waals surface area contributed by atoms with Gasteiger partial charge in [-0.3, -0.25) is 4.57 Å². The molecule has 2 amide bonds. The van der Waals surface area contributed by atoms with E-state index in [2.05, 4.69) is 42.4 Å². The van der Waals surface area contributed by atoms with Gasteiger partial charge in [0.1, 0.15) is 22.2 Å². The molecule has 5 N–H and O–H groups in total. The summed E-state index contributed by atoms with van der Waals surface area (Å²) >= 11 is 11.6. The van der Waals surface area contributed by atoms with Crippen LogP contribution in [-0.2, 0) is 10.3 Å². The van der Waals surface area contributed by atoms with Crippen molar-refractivity contribution in [2.45, 2.75) is 63.1 Å². The van der Waals surface area contributed by atoms with Crippen LogP contribution < -0.4 is 16.7 Å². The summed E-state index contributed by atoms with van der Waals surface area (Å²) in [6, 6.07) is 4.42. The molecule has 2 fully saturated rings. The number of aromatic amines is 1. The quantitative estimate of drug-likeness (QED) is 0.292. The Bertz CT molecular complexity index is 1760. The van der Waals surface area contributed by atoms with Gasteiger partial charge in [0.15, 0.2) is 11.5 Å². The molecule has 46 heavy (non-hydrogen) atoms. The van der Waals surface area contributed by atoms with E-state index in [0.29, 0.717) is 31.4 Å². The topological polar surface area (TPSA) is 245 Å². The van der Waals surface area contributed by atoms with Crippen molar-refractivity contribution in [1.29, 1.82) is 10.5 Å². The van der Waals surface area contributed by atoms with Crippen molar-refractivity contribution in [3.8, 4) is 12.1 Å². The third-order valence-electron chi connectivity index (χ3n) is 7.52. The van der Waals surface area contributed by atoms with Gasteiger partial charge in [-0.1, -0.05) is 0 Å². The number of anilines is 2. The van der Waals surface area contributed by atoms with Crippen LogP contribution in [0.1, 0.15) is 46.5 Å². The Morgan fingerprint density at radius 2 is 1.61 bits per heavy atom. The van der Waals surface area contributed by atoms with Crippen molar-refractivity contribution in [1.82, 2.24) is 39.3 Å². The molecule has 0 saturated carbocycles. The van der Waals surface area contributed by atoms with Gasteiger partial charge < -0.3 is 35.7 Å². The number of carbonyl (C=O) groups excluding carboxylic acids is 1. The van der Waals surface area contributed by atoms with E-state index in [0.717, 1.165) is 0 Å². The van der Waals surface area contributed by atoms with Gasteiger partial charge in [-0.15, -0.1) is 0 Å². The molecule has 0 aromatic carbocycles. The van der Waals surface area contributed by atoms with Gasteiger partial charge in [0.05, 0.1) is 30.2 Å². The summed E-state index contributed by atoms with van der Waals surface area (Å²) in [5.74, 6) is 0.287. The van der Waals surface area contributed by atoms with E-state index in [1.165, 1.54) is 21.9 Å². The molecule has 19 heteroatoms. The number of nitriles is 2. The summed E-state index contributed by atoms with van der Waals surface area (Å²) in [6.07, 6.45) is 2.59. The Hall–Kier alpha value is -4.87. The number of piperidine rings is 2. The zero-order valence-electron chi connectivity index (χ0n) is 25.2. The molecule has 2 aliphatic rings. The molecule has 0 aliphatic carbocycles. The highest BCUT2D eigenvalue weighted by molar-refractivity contribution is 6.28. The average Bonchev–Trinajstić information content (AvgIpc) is 3.34. The van der Waals surface area contributed by atoms with Gasteiger partial charge in [0, 0.05) is 51.9 Å². The molecule has 0 spiro atoms. The molecule has 2 aliphatic heterocycles. The number of H-pyrrole nitrogens is 1. The van der Waals surface area contributed by atoms with Crippen molar-refractivity contribution in [2.75, 3.05) is 37.2 Å². The normalized spacial score (nSPS) is 17.2. The highest BCUT2D eigenvalue weighted by Gasteiger charge is 2.41. The van der Waals surface area contributed by atoms with Gasteiger partial charge >= 0.3 is 17.9 Å². The molecule has 0 radical (unpaired) electrons. The molecule has 3 aromatic rings. The van der Waals surface area contributed by atoms with E-state index in [1.54, 1.807) is 25.7 Å². The van der Waals surface area contributed by atoms with Crippen LogP contribution in [0.25, 0.3) is 11.2 Å². The van der Waals surface area contributed by atoms with Crippen molar-refractivity contribution >= 4 is 58.1 Å². The monoisotopic (exact) mass is 674 g/mol. The lowest BCUT2D eigenvalue weighted by atomic mass is 9.88. The van der Waals surface area contributed by atoms with Crippen LogP contribution in [-0.4, -0.2) is 93.9 Å². The van der Waals surface area contributed by atoms with Crippen molar-refractivity contribution < 1.29 is 19.4 Å². The first-order valence-electron chi connectivity index (χ1n) is 14.1. The first kappa shape index (κ1) is 34.0. The van der Waals surface area contributed by atoms with E-state index in [-0.39, 0.29) is 53.7 Å². The van der Waals surface area contributed by atoms with E-state index in [4.69, 9.17) is 38.8 Å². The fraction of sp³-hybridized carbons (Fsp3) is 0.519. The number of hydrogen-bond acceptors (Lipinski definition) is 12. The first-order chi connectivity index (χ1) is 21.6. The zero-order chi connectivity index (χ0) is 33.9. The summed E-state index contributed by atoms with van der Waals surface area (Å²) in [5.41, 5.74) is 3.63. The third kappa shape index (κ3) is 7.49. The van der Waals surface area contributed by atoms with E-state index >= 15 is 0 Å². The number of fused-ring (bicyclic) bond motifs is 1. The summed E-state index contributed by atoms with van der Waals surface area (Å²) < 4.78 is 6.69. The number of aromatic nitrogens is 6. The SMILES string of the molecule is CC(C)(C)OC(=O)N1CCC(C#N)(n2c(=O)[nH]c3cnc(Cl)nc32)CC1.N#CC1(Nc2nc(Cl)ncc2N)CCN(C(=O)O)CC1. The molecular formula is C27H32Cl2N12O5. The fourth-order valence-electron chi connectivity index (χ4n) is 5.09. The maximum atomic E-state index is 12.5. The van der Waals surface area contributed by atoms with E-state index in [1.807, 2.05) is 0 Å². The highest BCUT2D eigenvalue weighted by atomic mass is 35.5. The molecular weight excluding hydrogens is 643 g/mol. The Morgan fingerprint density at radius 3 is 2.17 bits per heavy atom. The lowest BCUT2D eigenvalue weighted by Crippen LogP contribution is -2.50. The van der Waals surface area contributed by atoms with Crippen LogP contribution in [0, 0.1) is 22.7 Å². The number of likely N-dealkylation sites (tertiary alicyclic amines) is 2. The van der Waals surface area contributed by atoms with Crippen LogP contribution >= 0.6 is 23.2 Å². The maximum absolute atomic E-state index is 12.5. The first-order valence-corrected chi connectivity index (χ1v) is 14.8. The second-order valence-corrected chi connectivity index (χ2v) is 12.5. The minimum atomic E-state index is -1.12. The number of nitrogen functional groups attached to an aromatic ring is 1. The lowest BCUT2D eigenvalue weighted by molar-refractivity contribution is 0.0156. The van der Waals surface area contributed by atoms with E-state index in [9.17, 15) is 24.9 Å². The number of carboxylic acid groups (broad SMARTS) is 1. The molecule has 2 saturated heterocycles. The van der Waals surface area contributed by atoms with Crippen LogP contribution in [0.4, 0.5) is 21.1 Å². The van der Waals surface area contributed by atoms with Gasteiger partial charge in [-0.2, -0.15) is 20.5 Å². The number of ether oxygens (including phenoxy) is 1. The van der Waals surface area contributed by atoms with Crippen molar-refractivity contribution in [3.05, 3.63) is 33.4 Å². The number of carbonyl (C=O) groups is 2. The minimum Gasteiger partial charge on any atom is -0.465 e. The fourth-order valence-corrected chi connectivity index (χ4v) is 5.35. The molecule has 5 heterocycles. The maximum Gasteiger partial charge on any atom is 0.410 e. The Morgan fingerprint density at radius 1 is 1.02 bits per heavy atom. The second kappa shape index (κ2) is 13.2. The van der Waals surface area contributed by atoms with Crippen LogP contribution in [0.15, 0.2) is 17.2 Å². The zero-order valence-corrected chi connectivity index (χ0v) is 26.8. The molecule has 0 bridgehead atoms. The minimum absolute atomic E-state index is 0.00969. The largest absolute Gasteiger partial charge is 0.465 e.